The third kappa shape index (κ3) is 4.79. The van der Waals surface area contributed by atoms with Crippen molar-refractivity contribution in [1.82, 2.24) is 4.90 Å². The van der Waals surface area contributed by atoms with Crippen LogP contribution in [0.15, 0.2) is 23.3 Å². The van der Waals surface area contributed by atoms with Crippen molar-refractivity contribution in [2.24, 2.45) is 11.8 Å². The number of hydrogen-bond donors (Lipinski definition) is 0. The Kier molecular flexibility index (Phi) is 5.51. The van der Waals surface area contributed by atoms with Gasteiger partial charge in [0, 0.05) is 13.1 Å². The molecular weight excluding hydrogens is 206 g/mol. The molecule has 1 aliphatic rings. The third-order valence-corrected chi connectivity index (χ3v) is 3.51. The topological polar surface area (TPSA) is 3.24 Å². The second kappa shape index (κ2) is 6.67. The largest absolute Gasteiger partial charge is 0.299 e. The molecular formula is C16H25N. The van der Waals surface area contributed by atoms with Gasteiger partial charge in [0.05, 0.1) is 0 Å². The van der Waals surface area contributed by atoms with Gasteiger partial charge in [-0.3, -0.25) is 4.90 Å². The van der Waals surface area contributed by atoms with Gasteiger partial charge >= 0.3 is 0 Å². The zero-order valence-electron chi connectivity index (χ0n) is 11.7. The molecule has 0 spiro atoms. The first-order chi connectivity index (χ1) is 8.02. The van der Waals surface area contributed by atoms with E-state index in [0.717, 1.165) is 12.5 Å². The monoisotopic (exact) mass is 231 g/mol. The average Bonchev–Trinajstić information content (AvgIpc) is 2.64. The van der Waals surface area contributed by atoms with E-state index in [9.17, 15) is 0 Å². The molecule has 0 saturated carbocycles. The first-order valence-corrected chi connectivity index (χ1v) is 6.58. The van der Waals surface area contributed by atoms with E-state index >= 15 is 0 Å². The van der Waals surface area contributed by atoms with E-state index in [1.807, 2.05) is 6.08 Å². The lowest BCUT2D eigenvalue weighted by Crippen LogP contribution is -2.22. The van der Waals surface area contributed by atoms with Crippen LogP contribution in [0.4, 0.5) is 0 Å². The summed E-state index contributed by atoms with van der Waals surface area (Å²) in [6, 6.07) is 0. The number of likely N-dealkylation sites (tertiary alicyclic amines) is 1. The van der Waals surface area contributed by atoms with Crippen molar-refractivity contribution in [3.05, 3.63) is 23.3 Å². The summed E-state index contributed by atoms with van der Waals surface area (Å²) in [7, 11) is 0. The summed E-state index contributed by atoms with van der Waals surface area (Å²) < 4.78 is 0. The Balaban J connectivity index is 2.65. The van der Waals surface area contributed by atoms with Crippen LogP contribution < -0.4 is 0 Å². The number of hydrogen-bond acceptors (Lipinski definition) is 1. The van der Waals surface area contributed by atoms with Gasteiger partial charge in [0.15, 0.2) is 0 Å². The van der Waals surface area contributed by atoms with Crippen molar-refractivity contribution < 1.29 is 0 Å². The first kappa shape index (κ1) is 14.1. The van der Waals surface area contributed by atoms with E-state index in [4.69, 9.17) is 6.42 Å². The highest BCUT2D eigenvalue weighted by Gasteiger charge is 2.18. The van der Waals surface area contributed by atoms with Gasteiger partial charge in [-0.25, -0.2) is 0 Å². The maximum atomic E-state index is 5.41. The molecule has 94 valence electrons. The highest BCUT2D eigenvalue weighted by Crippen LogP contribution is 2.18. The maximum Gasteiger partial charge on any atom is 0.0240 e. The summed E-state index contributed by atoms with van der Waals surface area (Å²) in [5.41, 5.74) is 2.67. The third-order valence-electron chi connectivity index (χ3n) is 3.51. The van der Waals surface area contributed by atoms with Gasteiger partial charge in [0.1, 0.15) is 0 Å². The predicted molar refractivity (Wildman–Crippen MR) is 75.7 cm³/mol. The summed E-state index contributed by atoms with van der Waals surface area (Å²) in [6.07, 6.45) is 10.9. The molecule has 0 aromatic heterocycles. The molecule has 0 radical (unpaired) electrons. The Bertz CT molecular complexity index is 341. The molecule has 0 bridgehead atoms. The Morgan fingerprint density at radius 3 is 2.71 bits per heavy atom. The molecule has 17 heavy (non-hydrogen) atoms. The van der Waals surface area contributed by atoms with Crippen molar-refractivity contribution in [3.63, 3.8) is 0 Å². The summed E-state index contributed by atoms with van der Waals surface area (Å²) in [4.78, 5) is 2.50. The average molecular weight is 231 g/mol. The fourth-order valence-corrected chi connectivity index (χ4v) is 2.13. The van der Waals surface area contributed by atoms with E-state index in [0.29, 0.717) is 5.92 Å². The summed E-state index contributed by atoms with van der Waals surface area (Å²) in [5, 5.41) is 0. The normalized spacial score (nSPS) is 23.2. The van der Waals surface area contributed by atoms with Crippen LogP contribution in [0.5, 0.6) is 0 Å². The first-order valence-electron chi connectivity index (χ1n) is 6.58. The molecule has 1 aliphatic heterocycles. The highest BCUT2D eigenvalue weighted by atomic mass is 15.1. The van der Waals surface area contributed by atoms with E-state index in [1.54, 1.807) is 0 Å². The molecule has 1 unspecified atom stereocenters. The second-order valence-corrected chi connectivity index (χ2v) is 5.56. The Hall–Kier alpha value is -1.00. The van der Waals surface area contributed by atoms with Gasteiger partial charge in [0.2, 0.25) is 0 Å². The zero-order chi connectivity index (χ0) is 12.8. The van der Waals surface area contributed by atoms with Gasteiger partial charge in [-0.15, -0.1) is 6.42 Å². The fourth-order valence-electron chi connectivity index (χ4n) is 2.13. The lowest BCUT2D eigenvalue weighted by atomic mass is 10.0. The molecule has 0 aromatic rings. The molecule has 1 nitrogen and oxygen atoms in total. The molecule has 0 N–H and O–H groups in total. The molecule has 1 heterocycles. The van der Waals surface area contributed by atoms with Gasteiger partial charge < -0.3 is 0 Å². The quantitative estimate of drug-likeness (QED) is 0.529. The van der Waals surface area contributed by atoms with E-state index in [-0.39, 0.29) is 0 Å². The van der Waals surface area contributed by atoms with Crippen molar-refractivity contribution in [2.45, 2.75) is 34.1 Å². The lowest BCUT2D eigenvalue weighted by molar-refractivity contribution is 0.358. The predicted octanol–water partition coefficient (Wildman–Crippen LogP) is 3.49. The summed E-state index contributed by atoms with van der Waals surface area (Å²) >= 11 is 0. The van der Waals surface area contributed by atoms with Gasteiger partial charge in [-0.1, -0.05) is 38.3 Å². The number of allylic oxidation sites excluding steroid dienone is 2. The molecule has 0 amide bonds. The van der Waals surface area contributed by atoms with Crippen molar-refractivity contribution in [3.8, 4) is 12.3 Å². The molecule has 1 atom stereocenters. The Labute approximate surface area is 107 Å². The van der Waals surface area contributed by atoms with E-state index in [1.165, 1.54) is 30.7 Å². The lowest BCUT2D eigenvalue weighted by Gasteiger charge is -2.16. The molecule has 0 aromatic carbocycles. The fraction of sp³-hybridized carbons (Fsp3) is 0.625. The number of terminal acetylenes is 1. The van der Waals surface area contributed by atoms with Gasteiger partial charge in [-0.2, -0.15) is 0 Å². The number of rotatable bonds is 4. The van der Waals surface area contributed by atoms with Crippen LogP contribution in [0.25, 0.3) is 0 Å². The smallest absolute Gasteiger partial charge is 0.0240 e. The molecule has 1 saturated heterocycles. The molecule has 1 rings (SSSR count). The number of nitrogens with zero attached hydrogens (tertiary/aromatic N) is 1. The zero-order valence-corrected chi connectivity index (χ0v) is 11.7. The molecule has 0 aliphatic carbocycles. The van der Waals surface area contributed by atoms with E-state index < -0.39 is 0 Å². The standard InChI is InChI=1S/C16H25N/c1-6-7-16(10-15(5)13(2)3)12-17-9-8-14(4)11-17/h1,7,10,13-14H,8-9,11-12H2,2-5H3/b15-10+,16-7+. The minimum atomic E-state index is 0.591. The van der Waals surface area contributed by atoms with Crippen molar-refractivity contribution >= 4 is 0 Å². The van der Waals surface area contributed by atoms with Crippen LogP contribution in [0, 0.1) is 24.2 Å². The van der Waals surface area contributed by atoms with Crippen molar-refractivity contribution in [2.75, 3.05) is 19.6 Å². The molecule has 1 fully saturated rings. The minimum Gasteiger partial charge on any atom is -0.299 e. The maximum absolute atomic E-state index is 5.41. The van der Waals surface area contributed by atoms with Crippen LogP contribution in [0.3, 0.4) is 0 Å². The van der Waals surface area contributed by atoms with E-state index in [2.05, 4.69) is 44.6 Å². The highest BCUT2D eigenvalue weighted by molar-refractivity contribution is 5.31. The summed E-state index contributed by atoms with van der Waals surface area (Å²) in [5.74, 6) is 4.09. The second-order valence-electron chi connectivity index (χ2n) is 5.56. The minimum absolute atomic E-state index is 0.591. The van der Waals surface area contributed by atoms with Crippen molar-refractivity contribution in [1.29, 1.82) is 0 Å². The van der Waals surface area contributed by atoms with Crippen LogP contribution in [0.2, 0.25) is 0 Å². The van der Waals surface area contributed by atoms with Crippen LogP contribution >= 0.6 is 0 Å². The molecule has 1 heteroatoms. The Morgan fingerprint density at radius 1 is 1.53 bits per heavy atom. The van der Waals surface area contributed by atoms with Gasteiger partial charge in [-0.05, 0) is 43.4 Å². The SMILES string of the molecule is C#C/C=C(\C=C(/C)C(C)C)CN1CCC(C)C1. The van der Waals surface area contributed by atoms with Crippen LogP contribution in [0.1, 0.15) is 34.1 Å². The van der Waals surface area contributed by atoms with Crippen LogP contribution in [-0.2, 0) is 0 Å². The van der Waals surface area contributed by atoms with Gasteiger partial charge in [0.25, 0.3) is 0 Å². The summed E-state index contributed by atoms with van der Waals surface area (Å²) in [6.45, 7) is 12.3. The van der Waals surface area contributed by atoms with Crippen LogP contribution in [-0.4, -0.2) is 24.5 Å². The Morgan fingerprint density at radius 2 is 2.24 bits per heavy atom.